The zero-order valence-electron chi connectivity index (χ0n) is 9.21. The van der Waals surface area contributed by atoms with Crippen LogP contribution in [-0.2, 0) is 0 Å². The van der Waals surface area contributed by atoms with Crippen molar-refractivity contribution in [1.82, 2.24) is 9.97 Å². The number of nitrogens with two attached hydrogens (primary N) is 1. The minimum atomic E-state index is 0.205. The van der Waals surface area contributed by atoms with Crippen molar-refractivity contribution in [3.63, 3.8) is 0 Å². The molecule has 2 aromatic rings. The Morgan fingerprint density at radius 1 is 1.35 bits per heavy atom. The van der Waals surface area contributed by atoms with Crippen LogP contribution in [0, 0.1) is 11.3 Å². The van der Waals surface area contributed by atoms with Crippen LogP contribution >= 0.6 is 0 Å². The Morgan fingerprint density at radius 2 is 2.18 bits per heavy atom. The Bertz CT molecular complexity index is 589. The minimum Gasteiger partial charge on any atom is -0.495 e. The molecule has 0 fully saturated rings. The number of methoxy groups -OCH3 is 1. The molecule has 0 spiro atoms. The van der Waals surface area contributed by atoms with Gasteiger partial charge in [0.2, 0.25) is 5.95 Å². The molecule has 0 saturated carbocycles. The van der Waals surface area contributed by atoms with Crippen molar-refractivity contribution in [2.24, 2.45) is 0 Å². The van der Waals surface area contributed by atoms with Crippen LogP contribution < -0.4 is 10.5 Å². The van der Waals surface area contributed by atoms with Crippen LogP contribution in [-0.4, -0.2) is 17.1 Å². The Labute approximate surface area is 98.5 Å². The van der Waals surface area contributed by atoms with E-state index in [2.05, 4.69) is 16.0 Å². The zero-order chi connectivity index (χ0) is 12.3. The molecule has 0 radical (unpaired) electrons. The molecule has 5 heteroatoms. The Hall–Kier alpha value is -2.61. The maximum atomic E-state index is 8.99. The number of nitrogen functional groups attached to an aromatic ring is 1. The van der Waals surface area contributed by atoms with E-state index in [9.17, 15) is 0 Å². The third-order valence-electron chi connectivity index (χ3n) is 2.29. The van der Waals surface area contributed by atoms with Gasteiger partial charge in [-0.2, -0.15) is 5.26 Å². The van der Waals surface area contributed by atoms with Gasteiger partial charge < -0.3 is 10.5 Å². The first-order valence-corrected chi connectivity index (χ1v) is 4.91. The van der Waals surface area contributed by atoms with Gasteiger partial charge in [-0.3, -0.25) is 0 Å². The molecule has 84 valence electrons. The third-order valence-corrected chi connectivity index (χ3v) is 2.29. The van der Waals surface area contributed by atoms with Crippen molar-refractivity contribution in [3.8, 4) is 23.1 Å². The fourth-order valence-electron chi connectivity index (χ4n) is 1.49. The van der Waals surface area contributed by atoms with Crippen LogP contribution in [0.25, 0.3) is 11.3 Å². The number of hydrogen-bond acceptors (Lipinski definition) is 5. The van der Waals surface area contributed by atoms with Gasteiger partial charge in [0.05, 0.1) is 18.4 Å². The topological polar surface area (TPSA) is 84.8 Å². The number of hydrogen-bond donors (Lipinski definition) is 1. The van der Waals surface area contributed by atoms with Crippen LogP contribution in [0.2, 0.25) is 0 Å². The third kappa shape index (κ3) is 2.16. The molecule has 0 aliphatic heterocycles. The molecule has 0 aliphatic carbocycles. The lowest BCUT2D eigenvalue weighted by atomic mass is 10.1. The molecule has 0 amide bonds. The quantitative estimate of drug-likeness (QED) is 0.840. The number of anilines is 1. The summed E-state index contributed by atoms with van der Waals surface area (Å²) < 4.78 is 5.07. The van der Waals surface area contributed by atoms with E-state index in [4.69, 9.17) is 15.7 Å². The van der Waals surface area contributed by atoms with Crippen molar-refractivity contribution < 1.29 is 4.74 Å². The molecule has 0 bridgehead atoms. The van der Waals surface area contributed by atoms with Crippen LogP contribution in [0.3, 0.4) is 0 Å². The predicted octanol–water partition coefficient (Wildman–Crippen LogP) is 1.61. The van der Waals surface area contributed by atoms with Gasteiger partial charge in [0.25, 0.3) is 0 Å². The first-order chi connectivity index (χ1) is 8.24. The highest BCUT2D eigenvalue weighted by molar-refractivity contribution is 5.64. The molecule has 0 atom stereocenters. The first-order valence-electron chi connectivity index (χ1n) is 4.91. The Morgan fingerprint density at radius 3 is 2.82 bits per heavy atom. The van der Waals surface area contributed by atoms with E-state index in [-0.39, 0.29) is 5.95 Å². The largest absolute Gasteiger partial charge is 0.495 e. The normalized spacial score (nSPS) is 9.65. The fraction of sp³-hybridized carbons (Fsp3) is 0.0833. The monoisotopic (exact) mass is 226 g/mol. The van der Waals surface area contributed by atoms with Gasteiger partial charge in [-0.05, 0) is 24.3 Å². The standard InChI is InChI=1S/C12H10N4O/c1-17-11-3-2-8(6-9(11)7-13)10-4-5-15-12(14)16-10/h2-6H,1H3,(H2,14,15,16). The summed E-state index contributed by atoms with van der Waals surface area (Å²) in [5.41, 5.74) is 7.45. The van der Waals surface area contributed by atoms with Crippen LogP contribution in [0.1, 0.15) is 5.56 Å². The maximum Gasteiger partial charge on any atom is 0.220 e. The van der Waals surface area contributed by atoms with Crippen molar-refractivity contribution in [1.29, 1.82) is 5.26 Å². The molecule has 1 aromatic carbocycles. The Kier molecular flexibility index (Phi) is 2.88. The summed E-state index contributed by atoms with van der Waals surface area (Å²) in [5.74, 6) is 0.745. The summed E-state index contributed by atoms with van der Waals surface area (Å²) in [6.45, 7) is 0. The molecule has 1 aromatic heterocycles. The zero-order valence-corrected chi connectivity index (χ0v) is 9.21. The summed E-state index contributed by atoms with van der Waals surface area (Å²) in [4.78, 5) is 7.91. The summed E-state index contributed by atoms with van der Waals surface area (Å²) in [5, 5.41) is 8.99. The number of rotatable bonds is 2. The number of nitriles is 1. The molecule has 0 aliphatic rings. The molecule has 0 saturated heterocycles. The molecular weight excluding hydrogens is 216 g/mol. The van der Waals surface area contributed by atoms with E-state index in [0.29, 0.717) is 17.0 Å². The number of benzene rings is 1. The molecule has 0 unspecified atom stereocenters. The van der Waals surface area contributed by atoms with Gasteiger partial charge in [-0.15, -0.1) is 0 Å². The highest BCUT2D eigenvalue weighted by atomic mass is 16.5. The average Bonchev–Trinajstić information content (AvgIpc) is 2.38. The van der Waals surface area contributed by atoms with Crippen molar-refractivity contribution in [3.05, 3.63) is 36.0 Å². The van der Waals surface area contributed by atoms with Crippen molar-refractivity contribution >= 4 is 5.95 Å². The summed E-state index contributed by atoms with van der Waals surface area (Å²) in [6, 6.07) is 9.07. The summed E-state index contributed by atoms with van der Waals surface area (Å²) in [7, 11) is 1.53. The molecule has 2 rings (SSSR count). The summed E-state index contributed by atoms with van der Waals surface area (Å²) >= 11 is 0. The summed E-state index contributed by atoms with van der Waals surface area (Å²) in [6.07, 6.45) is 1.58. The van der Waals surface area contributed by atoms with E-state index in [0.717, 1.165) is 5.56 Å². The second-order valence-electron chi connectivity index (χ2n) is 3.33. The van der Waals surface area contributed by atoms with Crippen LogP contribution in [0.5, 0.6) is 5.75 Å². The molecule has 5 nitrogen and oxygen atoms in total. The van der Waals surface area contributed by atoms with E-state index < -0.39 is 0 Å². The number of aromatic nitrogens is 2. The Balaban J connectivity index is 2.51. The minimum absolute atomic E-state index is 0.205. The lowest BCUT2D eigenvalue weighted by Crippen LogP contribution is -1.95. The van der Waals surface area contributed by atoms with Gasteiger partial charge in [0, 0.05) is 11.8 Å². The lowest BCUT2D eigenvalue weighted by molar-refractivity contribution is 0.413. The maximum absolute atomic E-state index is 8.99. The molecule has 1 heterocycles. The number of nitrogens with zero attached hydrogens (tertiary/aromatic N) is 3. The van der Waals surface area contributed by atoms with Gasteiger partial charge in [0.15, 0.2) is 0 Å². The van der Waals surface area contributed by atoms with E-state index >= 15 is 0 Å². The van der Waals surface area contributed by atoms with Crippen molar-refractivity contribution in [2.75, 3.05) is 12.8 Å². The lowest BCUT2D eigenvalue weighted by Gasteiger charge is -2.05. The van der Waals surface area contributed by atoms with E-state index in [1.54, 1.807) is 24.4 Å². The van der Waals surface area contributed by atoms with E-state index in [1.807, 2.05) is 6.07 Å². The van der Waals surface area contributed by atoms with Crippen LogP contribution in [0.15, 0.2) is 30.5 Å². The van der Waals surface area contributed by atoms with E-state index in [1.165, 1.54) is 7.11 Å². The SMILES string of the molecule is COc1ccc(-c2ccnc(N)n2)cc1C#N. The smallest absolute Gasteiger partial charge is 0.220 e. The van der Waals surface area contributed by atoms with Gasteiger partial charge >= 0.3 is 0 Å². The average molecular weight is 226 g/mol. The molecule has 17 heavy (non-hydrogen) atoms. The first kappa shape index (κ1) is 10.9. The molecule has 2 N–H and O–H groups in total. The highest BCUT2D eigenvalue weighted by Gasteiger charge is 2.06. The highest BCUT2D eigenvalue weighted by Crippen LogP contribution is 2.24. The van der Waals surface area contributed by atoms with Crippen molar-refractivity contribution in [2.45, 2.75) is 0 Å². The van der Waals surface area contributed by atoms with Gasteiger partial charge in [-0.1, -0.05) is 0 Å². The predicted molar refractivity (Wildman–Crippen MR) is 63.1 cm³/mol. The molecular formula is C12H10N4O. The second kappa shape index (κ2) is 4.49. The van der Waals surface area contributed by atoms with Gasteiger partial charge in [0.1, 0.15) is 11.8 Å². The van der Waals surface area contributed by atoms with Crippen LogP contribution in [0.4, 0.5) is 5.95 Å². The van der Waals surface area contributed by atoms with Gasteiger partial charge in [-0.25, -0.2) is 9.97 Å². The fourth-order valence-corrected chi connectivity index (χ4v) is 1.49. The number of ether oxygens (including phenoxy) is 1. The second-order valence-corrected chi connectivity index (χ2v) is 3.33.